The van der Waals surface area contributed by atoms with Crippen LogP contribution in [0, 0.1) is 5.92 Å². The fraction of sp³-hybridized carbons (Fsp3) is 1.00. The molecule has 0 aromatic rings. The van der Waals surface area contributed by atoms with E-state index in [0.29, 0.717) is 12.7 Å². The molecule has 0 bridgehead atoms. The van der Waals surface area contributed by atoms with Gasteiger partial charge in [-0.05, 0) is 39.0 Å². The molecule has 0 saturated heterocycles. The van der Waals surface area contributed by atoms with Gasteiger partial charge >= 0.3 is 0 Å². The van der Waals surface area contributed by atoms with Crippen molar-refractivity contribution in [1.82, 2.24) is 0 Å². The number of ether oxygens (including phenoxy) is 1. The first-order valence-electron chi connectivity index (χ1n) is 5.81. The second-order valence-electron chi connectivity index (χ2n) is 5.33. The lowest BCUT2D eigenvalue weighted by molar-refractivity contribution is -0.0205. The molecule has 0 amide bonds. The van der Waals surface area contributed by atoms with Gasteiger partial charge < -0.3 is 9.84 Å². The summed E-state index contributed by atoms with van der Waals surface area (Å²) in [6.07, 6.45) is 6.24. The van der Waals surface area contributed by atoms with E-state index in [4.69, 9.17) is 4.74 Å². The van der Waals surface area contributed by atoms with Crippen LogP contribution in [0.15, 0.2) is 0 Å². The van der Waals surface area contributed by atoms with Gasteiger partial charge in [0.15, 0.2) is 0 Å². The average Bonchev–Trinajstić information content (AvgIpc) is 2.01. The smallest absolute Gasteiger partial charge is 0.0613 e. The van der Waals surface area contributed by atoms with Gasteiger partial charge in [-0.2, -0.15) is 0 Å². The number of hydrogen-bond donors (Lipinski definition) is 1. The molecule has 2 unspecified atom stereocenters. The van der Waals surface area contributed by atoms with E-state index in [0.717, 1.165) is 12.3 Å². The van der Waals surface area contributed by atoms with Crippen LogP contribution in [0.25, 0.3) is 0 Å². The standard InChI is InChI=1S/C12H24O2/c1-10-5-4-6-11(9-10)14-8-7-12(2,3)13/h10-11,13H,4-9H2,1-3H3. The van der Waals surface area contributed by atoms with Crippen molar-refractivity contribution in [3.63, 3.8) is 0 Å². The molecule has 0 heterocycles. The van der Waals surface area contributed by atoms with Crippen LogP contribution in [0.1, 0.15) is 52.9 Å². The highest BCUT2D eigenvalue weighted by Crippen LogP contribution is 2.26. The molecule has 0 radical (unpaired) electrons. The van der Waals surface area contributed by atoms with Gasteiger partial charge in [-0.15, -0.1) is 0 Å². The van der Waals surface area contributed by atoms with E-state index in [9.17, 15) is 5.11 Å². The van der Waals surface area contributed by atoms with Crippen LogP contribution in [0.4, 0.5) is 0 Å². The molecule has 1 rings (SSSR count). The van der Waals surface area contributed by atoms with Crippen molar-refractivity contribution in [3.8, 4) is 0 Å². The van der Waals surface area contributed by atoms with Gasteiger partial charge in [0.05, 0.1) is 11.7 Å². The maximum Gasteiger partial charge on any atom is 0.0613 e. The van der Waals surface area contributed by atoms with Crippen molar-refractivity contribution in [2.45, 2.75) is 64.6 Å². The Morgan fingerprint density at radius 1 is 1.36 bits per heavy atom. The Morgan fingerprint density at radius 2 is 2.07 bits per heavy atom. The summed E-state index contributed by atoms with van der Waals surface area (Å²) in [5.74, 6) is 0.816. The predicted molar refractivity (Wildman–Crippen MR) is 58.3 cm³/mol. The van der Waals surface area contributed by atoms with Gasteiger partial charge in [0, 0.05) is 6.61 Å². The normalized spacial score (nSPS) is 29.1. The summed E-state index contributed by atoms with van der Waals surface area (Å²) in [7, 11) is 0. The molecule has 0 aromatic heterocycles. The van der Waals surface area contributed by atoms with Crippen molar-refractivity contribution in [3.05, 3.63) is 0 Å². The Hall–Kier alpha value is -0.0800. The van der Waals surface area contributed by atoms with E-state index in [2.05, 4.69) is 6.92 Å². The summed E-state index contributed by atoms with van der Waals surface area (Å²) in [6, 6.07) is 0. The van der Waals surface area contributed by atoms with Crippen LogP contribution in [0.2, 0.25) is 0 Å². The first kappa shape index (κ1) is 12.0. The molecule has 0 aliphatic heterocycles. The summed E-state index contributed by atoms with van der Waals surface area (Å²) in [5, 5.41) is 9.52. The van der Waals surface area contributed by atoms with Crippen LogP contribution < -0.4 is 0 Å². The van der Waals surface area contributed by atoms with Crippen molar-refractivity contribution < 1.29 is 9.84 Å². The molecule has 1 N–H and O–H groups in total. The van der Waals surface area contributed by atoms with Gasteiger partial charge in [-0.25, -0.2) is 0 Å². The first-order valence-corrected chi connectivity index (χ1v) is 5.81. The Kier molecular flexibility index (Phi) is 4.39. The lowest BCUT2D eigenvalue weighted by atomic mass is 9.89. The van der Waals surface area contributed by atoms with E-state index in [1.165, 1.54) is 25.7 Å². The highest BCUT2D eigenvalue weighted by atomic mass is 16.5. The van der Waals surface area contributed by atoms with Crippen molar-refractivity contribution >= 4 is 0 Å². The molecule has 2 nitrogen and oxygen atoms in total. The molecule has 0 spiro atoms. The lowest BCUT2D eigenvalue weighted by Crippen LogP contribution is -2.26. The van der Waals surface area contributed by atoms with E-state index in [-0.39, 0.29) is 0 Å². The molecule has 1 saturated carbocycles. The maximum absolute atomic E-state index is 9.52. The molecule has 84 valence electrons. The third-order valence-electron chi connectivity index (χ3n) is 2.96. The van der Waals surface area contributed by atoms with Gasteiger partial charge in [0.1, 0.15) is 0 Å². The van der Waals surface area contributed by atoms with Crippen molar-refractivity contribution in [2.24, 2.45) is 5.92 Å². The molecule has 1 fully saturated rings. The topological polar surface area (TPSA) is 29.5 Å². The highest BCUT2D eigenvalue weighted by molar-refractivity contribution is 4.71. The summed E-state index contributed by atoms with van der Waals surface area (Å²) in [4.78, 5) is 0. The molecular weight excluding hydrogens is 176 g/mol. The summed E-state index contributed by atoms with van der Waals surface area (Å²) in [5.41, 5.74) is -0.583. The number of aliphatic hydroxyl groups is 1. The fourth-order valence-corrected chi connectivity index (χ4v) is 2.01. The molecule has 2 atom stereocenters. The van der Waals surface area contributed by atoms with Crippen molar-refractivity contribution in [1.29, 1.82) is 0 Å². The third kappa shape index (κ3) is 4.97. The predicted octanol–water partition coefficient (Wildman–Crippen LogP) is 2.74. The Balaban J connectivity index is 2.12. The molecule has 1 aliphatic carbocycles. The molecule has 0 aromatic carbocycles. The molecule has 2 heteroatoms. The Morgan fingerprint density at radius 3 is 2.64 bits per heavy atom. The van der Waals surface area contributed by atoms with Crippen LogP contribution in [-0.2, 0) is 4.74 Å². The maximum atomic E-state index is 9.52. The average molecular weight is 200 g/mol. The van der Waals surface area contributed by atoms with Gasteiger partial charge in [-0.1, -0.05) is 19.8 Å². The first-order chi connectivity index (χ1) is 6.47. The minimum Gasteiger partial charge on any atom is -0.390 e. The Bertz CT molecular complexity index is 160. The van der Waals surface area contributed by atoms with Gasteiger partial charge in [-0.3, -0.25) is 0 Å². The van der Waals surface area contributed by atoms with Gasteiger partial charge in [0.2, 0.25) is 0 Å². The zero-order valence-corrected chi connectivity index (χ0v) is 9.75. The number of hydrogen-bond acceptors (Lipinski definition) is 2. The van der Waals surface area contributed by atoms with Crippen LogP contribution in [-0.4, -0.2) is 23.4 Å². The van der Waals surface area contributed by atoms with E-state index in [1.807, 2.05) is 13.8 Å². The minimum atomic E-state index is -0.583. The molecule has 1 aliphatic rings. The largest absolute Gasteiger partial charge is 0.390 e. The van der Waals surface area contributed by atoms with Crippen LogP contribution in [0.3, 0.4) is 0 Å². The molecule has 14 heavy (non-hydrogen) atoms. The van der Waals surface area contributed by atoms with E-state index >= 15 is 0 Å². The summed E-state index contributed by atoms with van der Waals surface area (Å²) in [6.45, 7) is 6.66. The third-order valence-corrected chi connectivity index (χ3v) is 2.96. The zero-order chi connectivity index (χ0) is 10.6. The lowest BCUT2D eigenvalue weighted by Gasteiger charge is -2.27. The monoisotopic (exact) mass is 200 g/mol. The number of rotatable bonds is 4. The van der Waals surface area contributed by atoms with Gasteiger partial charge in [0.25, 0.3) is 0 Å². The Labute approximate surface area is 87.7 Å². The van der Waals surface area contributed by atoms with E-state index < -0.39 is 5.60 Å². The highest BCUT2D eigenvalue weighted by Gasteiger charge is 2.20. The minimum absolute atomic E-state index is 0.445. The SMILES string of the molecule is CC1CCCC(OCCC(C)(C)O)C1. The van der Waals surface area contributed by atoms with Crippen molar-refractivity contribution in [2.75, 3.05) is 6.61 Å². The summed E-state index contributed by atoms with van der Waals surface area (Å²) < 4.78 is 5.77. The van der Waals surface area contributed by atoms with Crippen LogP contribution in [0.5, 0.6) is 0 Å². The van der Waals surface area contributed by atoms with Crippen LogP contribution >= 0.6 is 0 Å². The fourth-order valence-electron chi connectivity index (χ4n) is 2.01. The second-order valence-corrected chi connectivity index (χ2v) is 5.33. The zero-order valence-electron chi connectivity index (χ0n) is 9.75. The summed E-state index contributed by atoms with van der Waals surface area (Å²) >= 11 is 0. The second kappa shape index (κ2) is 5.13. The quantitative estimate of drug-likeness (QED) is 0.756. The van der Waals surface area contributed by atoms with E-state index in [1.54, 1.807) is 0 Å². The molecular formula is C12H24O2.